The van der Waals surface area contributed by atoms with Gasteiger partial charge in [0.2, 0.25) is 11.8 Å². The van der Waals surface area contributed by atoms with E-state index in [-0.39, 0.29) is 0 Å². The quantitative estimate of drug-likeness (QED) is 0.364. The highest BCUT2D eigenvalue weighted by atomic mass is 32.2. The van der Waals surface area contributed by atoms with E-state index in [9.17, 15) is 0 Å². The van der Waals surface area contributed by atoms with Crippen molar-refractivity contribution < 1.29 is 13.9 Å². The zero-order valence-electron chi connectivity index (χ0n) is 17.6. The van der Waals surface area contributed by atoms with E-state index in [0.717, 1.165) is 42.4 Å². The molecular formula is C23H29N3O3S. The Hall–Kier alpha value is -2.51. The molecule has 160 valence electrons. The van der Waals surface area contributed by atoms with Crippen LogP contribution in [0.2, 0.25) is 0 Å². The minimum Gasteiger partial charge on any atom is -0.493 e. The summed E-state index contributed by atoms with van der Waals surface area (Å²) in [6.07, 6.45) is 0. The third-order valence-corrected chi connectivity index (χ3v) is 5.51. The highest BCUT2D eigenvalue weighted by Gasteiger charge is 2.09. The van der Waals surface area contributed by atoms with Crippen molar-refractivity contribution in [3.63, 3.8) is 0 Å². The van der Waals surface area contributed by atoms with Gasteiger partial charge in [-0.25, -0.2) is 0 Å². The number of aromatic nitrogens is 2. The maximum absolute atomic E-state index is 5.82. The average Bonchev–Trinajstić information content (AvgIpc) is 3.27. The minimum atomic E-state index is 0.529. The average molecular weight is 428 g/mol. The molecule has 0 spiro atoms. The van der Waals surface area contributed by atoms with E-state index < -0.39 is 0 Å². The molecule has 0 aliphatic carbocycles. The number of ether oxygens (including phenoxy) is 2. The first-order chi connectivity index (χ1) is 14.8. The third-order valence-electron chi connectivity index (χ3n) is 4.60. The molecular weight excluding hydrogens is 398 g/mol. The fourth-order valence-corrected chi connectivity index (χ4v) is 3.49. The fourth-order valence-electron chi connectivity index (χ4n) is 2.85. The number of benzene rings is 2. The largest absolute Gasteiger partial charge is 0.493 e. The molecule has 3 rings (SSSR count). The lowest BCUT2D eigenvalue weighted by Crippen LogP contribution is -2.27. The molecule has 0 aliphatic rings. The Bertz CT molecular complexity index is 852. The smallest absolute Gasteiger partial charge is 0.247 e. The number of para-hydroxylation sites is 1. The summed E-state index contributed by atoms with van der Waals surface area (Å²) in [6.45, 7) is 8.65. The standard InChI is InChI=1S/C23H29N3O3S/c1-3-26(4-2)14-15-27-21-12-10-19(11-13-21)23-25-24-22(29-23)18-30-17-16-28-20-8-6-5-7-9-20/h5-13H,3-4,14-18H2,1-2H3. The second-order valence-electron chi connectivity index (χ2n) is 6.61. The lowest BCUT2D eigenvalue weighted by molar-refractivity contribution is 0.223. The molecule has 0 N–H and O–H groups in total. The molecule has 1 aromatic heterocycles. The third kappa shape index (κ3) is 7.07. The summed E-state index contributed by atoms with van der Waals surface area (Å²) in [7, 11) is 0. The molecule has 7 heteroatoms. The molecule has 0 saturated heterocycles. The van der Waals surface area contributed by atoms with Crippen molar-refractivity contribution in [3.8, 4) is 23.0 Å². The first-order valence-electron chi connectivity index (χ1n) is 10.3. The molecule has 0 fully saturated rings. The van der Waals surface area contributed by atoms with Crippen LogP contribution in [-0.4, -0.2) is 53.7 Å². The van der Waals surface area contributed by atoms with E-state index in [2.05, 4.69) is 28.9 Å². The van der Waals surface area contributed by atoms with Gasteiger partial charge in [0.05, 0.1) is 12.4 Å². The van der Waals surface area contributed by atoms with Crippen LogP contribution in [0.4, 0.5) is 0 Å². The van der Waals surface area contributed by atoms with Crippen LogP contribution in [0.1, 0.15) is 19.7 Å². The molecule has 0 atom stereocenters. The van der Waals surface area contributed by atoms with Gasteiger partial charge in [-0.15, -0.1) is 22.0 Å². The van der Waals surface area contributed by atoms with E-state index in [4.69, 9.17) is 13.9 Å². The lowest BCUT2D eigenvalue weighted by atomic mass is 10.2. The van der Waals surface area contributed by atoms with Gasteiger partial charge in [0.1, 0.15) is 18.1 Å². The van der Waals surface area contributed by atoms with Crippen molar-refractivity contribution in [3.05, 3.63) is 60.5 Å². The predicted molar refractivity (Wildman–Crippen MR) is 121 cm³/mol. The summed E-state index contributed by atoms with van der Waals surface area (Å²) in [4.78, 5) is 2.33. The molecule has 30 heavy (non-hydrogen) atoms. The zero-order chi connectivity index (χ0) is 21.0. The van der Waals surface area contributed by atoms with Crippen LogP contribution >= 0.6 is 11.8 Å². The summed E-state index contributed by atoms with van der Waals surface area (Å²) >= 11 is 1.71. The lowest BCUT2D eigenvalue weighted by Gasteiger charge is -2.17. The van der Waals surface area contributed by atoms with Crippen molar-refractivity contribution in [2.45, 2.75) is 19.6 Å². The van der Waals surface area contributed by atoms with Gasteiger partial charge in [-0.1, -0.05) is 32.0 Å². The van der Waals surface area contributed by atoms with Crippen LogP contribution < -0.4 is 9.47 Å². The van der Waals surface area contributed by atoms with Gasteiger partial charge >= 0.3 is 0 Å². The van der Waals surface area contributed by atoms with Crippen molar-refractivity contribution in [2.24, 2.45) is 0 Å². The van der Waals surface area contributed by atoms with Gasteiger partial charge in [0.25, 0.3) is 0 Å². The Kier molecular flexibility index (Phi) is 9.05. The van der Waals surface area contributed by atoms with E-state index >= 15 is 0 Å². The van der Waals surface area contributed by atoms with Crippen LogP contribution in [0.5, 0.6) is 11.5 Å². The molecule has 0 radical (unpaired) electrons. The Balaban J connectivity index is 1.39. The monoisotopic (exact) mass is 427 g/mol. The van der Waals surface area contributed by atoms with Crippen molar-refractivity contribution in [1.82, 2.24) is 15.1 Å². The SMILES string of the molecule is CCN(CC)CCOc1ccc(-c2nnc(CSCCOc3ccccc3)o2)cc1. The predicted octanol–water partition coefficient (Wildman–Crippen LogP) is 4.77. The molecule has 1 heterocycles. The Labute approximate surface area is 182 Å². The van der Waals surface area contributed by atoms with Crippen LogP contribution in [0.3, 0.4) is 0 Å². The van der Waals surface area contributed by atoms with Crippen molar-refractivity contribution >= 4 is 11.8 Å². The maximum Gasteiger partial charge on any atom is 0.247 e. The Morgan fingerprint density at radius 1 is 0.867 bits per heavy atom. The molecule has 0 aliphatic heterocycles. The number of thioether (sulfide) groups is 1. The van der Waals surface area contributed by atoms with Crippen LogP contribution in [-0.2, 0) is 5.75 Å². The molecule has 6 nitrogen and oxygen atoms in total. The molecule has 0 saturated carbocycles. The second kappa shape index (κ2) is 12.2. The Morgan fingerprint density at radius 2 is 1.57 bits per heavy atom. The molecule has 0 unspecified atom stereocenters. The van der Waals surface area contributed by atoms with Crippen LogP contribution in [0.15, 0.2) is 59.0 Å². The summed E-state index contributed by atoms with van der Waals surface area (Å²) in [5, 5.41) is 8.30. The number of hydrogen-bond donors (Lipinski definition) is 0. The summed E-state index contributed by atoms with van der Waals surface area (Å²) in [6, 6.07) is 17.6. The van der Waals surface area contributed by atoms with Gasteiger partial charge in [-0.05, 0) is 49.5 Å². The molecule has 3 aromatic rings. The number of rotatable bonds is 13. The summed E-state index contributed by atoms with van der Waals surface area (Å²) in [5.41, 5.74) is 0.891. The normalized spacial score (nSPS) is 11.0. The maximum atomic E-state index is 5.82. The molecule has 0 bridgehead atoms. The highest BCUT2D eigenvalue weighted by Crippen LogP contribution is 2.23. The summed E-state index contributed by atoms with van der Waals surface area (Å²) < 4.78 is 17.3. The number of likely N-dealkylation sites (N-methyl/N-ethyl adjacent to an activating group) is 1. The highest BCUT2D eigenvalue weighted by molar-refractivity contribution is 7.98. The zero-order valence-corrected chi connectivity index (χ0v) is 18.4. The van der Waals surface area contributed by atoms with Crippen LogP contribution in [0, 0.1) is 0 Å². The van der Waals surface area contributed by atoms with E-state index in [1.807, 2.05) is 54.6 Å². The van der Waals surface area contributed by atoms with Crippen LogP contribution in [0.25, 0.3) is 11.5 Å². The first kappa shape index (κ1) is 22.2. The van der Waals surface area contributed by atoms with Gasteiger partial charge in [0.15, 0.2) is 0 Å². The van der Waals surface area contributed by atoms with Gasteiger partial charge < -0.3 is 18.8 Å². The first-order valence-corrected chi connectivity index (χ1v) is 11.5. The Morgan fingerprint density at radius 3 is 2.30 bits per heavy atom. The van der Waals surface area contributed by atoms with E-state index in [1.54, 1.807) is 11.8 Å². The topological polar surface area (TPSA) is 60.6 Å². The van der Waals surface area contributed by atoms with Gasteiger partial charge in [0, 0.05) is 17.9 Å². The number of nitrogens with zero attached hydrogens (tertiary/aromatic N) is 3. The molecule has 0 amide bonds. The summed E-state index contributed by atoms with van der Waals surface area (Å²) in [5.74, 6) is 4.40. The molecule has 2 aromatic carbocycles. The second-order valence-corrected chi connectivity index (χ2v) is 7.72. The van der Waals surface area contributed by atoms with Gasteiger partial charge in [-0.3, -0.25) is 0 Å². The van der Waals surface area contributed by atoms with Crippen molar-refractivity contribution in [1.29, 1.82) is 0 Å². The number of hydrogen-bond acceptors (Lipinski definition) is 7. The van der Waals surface area contributed by atoms with E-state index in [0.29, 0.717) is 30.7 Å². The van der Waals surface area contributed by atoms with Gasteiger partial charge in [-0.2, -0.15) is 0 Å². The minimum absolute atomic E-state index is 0.529. The van der Waals surface area contributed by atoms with Crippen molar-refractivity contribution in [2.75, 3.05) is 38.6 Å². The fraction of sp³-hybridized carbons (Fsp3) is 0.391. The van der Waals surface area contributed by atoms with E-state index in [1.165, 1.54) is 0 Å².